The molecule has 0 saturated heterocycles. The average molecular weight is 383 g/mol. The molecule has 0 aliphatic rings. The van der Waals surface area contributed by atoms with Gasteiger partial charge >= 0.3 is 0 Å². The number of hydrogen-bond acceptors (Lipinski definition) is 4. The first-order chi connectivity index (χ1) is 13.5. The Balaban J connectivity index is 1.52. The fourth-order valence-corrected chi connectivity index (χ4v) is 2.58. The van der Waals surface area contributed by atoms with E-state index in [2.05, 4.69) is 15.6 Å². The van der Waals surface area contributed by atoms with Crippen LogP contribution in [0.15, 0.2) is 60.8 Å². The van der Waals surface area contributed by atoms with Gasteiger partial charge in [0, 0.05) is 12.1 Å². The monoisotopic (exact) mass is 383 g/mol. The highest BCUT2D eigenvalue weighted by Crippen LogP contribution is 2.15. The van der Waals surface area contributed by atoms with E-state index in [0.29, 0.717) is 18.1 Å². The smallest absolute Gasteiger partial charge is 0.255 e. The first kappa shape index (κ1) is 19.3. The maximum Gasteiger partial charge on any atom is 0.255 e. The second kappa shape index (κ2) is 8.94. The van der Waals surface area contributed by atoms with Gasteiger partial charge in [-0.15, -0.1) is 0 Å². The van der Waals surface area contributed by atoms with Gasteiger partial charge in [-0.25, -0.2) is 13.8 Å². The molecule has 3 aromatic rings. The zero-order valence-corrected chi connectivity index (χ0v) is 15.2. The van der Waals surface area contributed by atoms with E-state index in [1.54, 1.807) is 19.2 Å². The third-order valence-electron chi connectivity index (χ3n) is 4.06. The molecule has 0 saturated carbocycles. The highest BCUT2D eigenvalue weighted by Gasteiger charge is 2.10. The summed E-state index contributed by atoms with van der Waals surface area (Å²) in [6.07, 6.45) is 2.29. The van der Waals surface area contributed by atoms with E-state index in [9.17, 15) is 13.6 Å². The molecule has 1 amide bonds. The number of carbonyl (C=O) groups is 1. The lowest BCUT2D eigenvalue weighted by Gasteiger charge is -2.09. The van der Waals surface area contributed by atoms with Crippen molar-refractivity contribution in [2.75, 3.05) is 24.3 Å². The highest BCUT2D eigenvalue weighted by molar-refractivity contribution is 6.04. The number of nitrogens with one attached hydrogen (secondary N) is 2. The number of aromatic nitrogens is 1. The van der Waals surface area contributed by atoms with Crippen LogP contribution in [-0.2, 0) is 6.42 Å². The molecule has 1 heterocycles. The summed E-state index contributed by atoms with van der Waals surface area (Å²) >= 11 is 0. The number of rotatable bonds is 7. The summed E-state index contributed by atoms with van der Waals surface area (Å²) < 4.78 is 31.4. The van der Waals surface area contributed by atoms with Crippen molar-refractivity contribution in [1.29, 1.82) is 0 Å². The van der Waals surface area contributed by atoms with Crippen LogP contribution in [0.1, 0.15) is 15.9 Å². The SMILES string of the molecule is COc1cccc(CCNc2ccc(NC(=O)c3ccc(F)c(F)c3)cn2)c1. The van der Waals surface area contributed by atoms with Crippen LogP contribution in [0, 0.1) is 11.6 Å². The fraction of sp³-hybridized carbons (Fsp3) is 0.143. The van der Waals surface area contributed by atoms with Crippen molar-refractivity contribution in [3.8, 4) is 5.75 Å². The maximum atomic E-state index is 13.2. The Morgan fingerprint density at radius 2 is 1.93 bits per heavy atom. The van der Waals surface area contributed by atoms with Gasteiger partial charge in [-0.3, -0.25) is 4.79 Å². The van der Waals surface area contributed by atoms with Gasteiger partial charge < -0.3 is 15.4 Å². The van der Waals surface area contributed by atoms with E-state index in [1.807, 2.05) is 24.3 Å². The molecular weight excluding hydrogens is 364 g/mol. The van der Waals surface area contributed by atoms with Crippen molar-refractivity contribution in [3.63, 3.8) is 0 Å². The highest BCUT2D eigenvalue weighted by atomic mass is 19.2. The minimum absolute atomic E-state index is 0.0272. The zero-order chi connectivity index (χ0) is 19.9. The van der Waals surface area contributed by atoms with Crippen molar-refractivity contribution >= 4 is 17.4 Å². The van der Waals surface area contributed by atoms with Gasteiger partial charge in [0.15, 0.2) is 11.6 Å². The van der Waals surface area contributed by atoms with Gasteiger partial charge in [-0.1, -0.05) is 12.1 Å². The molecule has 2 aromatic carbocycles. The molecule has 144 valence electrons. The molecule has 1 aromatic heterocycles. The molecule has 7 heteroatoms. The average Bonchev–Trinajstić information content (AvgIpc) is 2.71. The summed E-state index contributed by atoms with van der Waals surface area (Å²) in [4.78, 5) is 16.3. The van der Waals surface area contributed by atoms with Gasteiger partial charge in [0.05, 0.1) is 19.0 Å². The molecule has 0 aliphatic heterocycles. The van der Waals surface area contributed by atoms with Gasteiger partial charge in [0.2, 0.25) is 0 Å². The van der Waals surface area contributed by atoms with Crippen molar-refractivity contribution in [2.24, 2.45) is 0 Å². The predicted molar refractivity (Wildman–Crippen MR) is 104 cm³/mol. The maximum absolute atomic E-state index is 13.2. The Morgan fingerprint density at radius 3 is 2.64 bits per heavy atom. The lowest BCUT2D eigenvalue weighted by atomic mass is 10.1. The van der Waals surface area contributed by atoms with Crippen LogP contribution >= 0.6 is 0 Å². The number of methoxy groups -OCH3 is 1. The molecule has 0 spiro atoms. The van der Waals surface area contributed by atoms with Gasteiger partial charge in [0.1, 0.15) is 11.6 Å². The molecule has 0 bridgehead atoms. The Morgan fingerprint density at radius 1 is 1.07 bits per heavy atom. The minimum Gasteiger partial charge on any atom is -0.497 e. The van der Waals surface area contributed by atoms with Crippen molar-refractivity contribution in [3.05, 3.63) is 83.6 Å². The van der Waals surface area contributed by atoms with E-state index < -0.39 is 17.5 Å². The van der Waals surface area contributed by atoms with Crippen LogP contribution in [0.2, 0.25) is 0 Å². The second-order valence-corrected chi connectivity index (χ2v) is 6.04. The van der Waals surface area contributed by atoms with E-state index in [-0.39, 0.29) is 5.56 Å². The molecule has 28 heavy (non-hydrogen) atoms. The van der Waals surface area contributed by atoms with Crippen LogP contribution in [0.3, 0.4) is 0 Å². The zero-order valence-electron chi connectivity index (χ0n) is 15.2. The van der Waals surface area contributed by atoms with E-state index in [1.165, 1.54) is 12.3 Å². The summed E-state index contributed by atoms with van der Waals surface area (Å²) in [5, 5.41) is 5.80. The Bertz CT molecular complexity index is 962. The molecular formula is C21H19F2N3O2. The van der Waals surface area contributed by atoms with Crippen molar-refractivity contribution < 1.29 is 18.3 Å². The number of nitrogens with zero attached hydrogens (tertiary/aromatic N) is 1. The van der Waals surface area contributed by atoms with Crippen LogP contribution in [0.25, 0.3) is 0 Å². The Hall–Kier alpha value is -3.48. The molecule has 0 fully saturated rings. The summed E-state index contributed by atoms with van der Waals surface area (Å²) in [5.41, 5.74) is 1.62. The van der Waals surface area contributed by atoms with Crippen LogP contribution < -0.4 is 15.4 Å². The van der Waals surface area contributed by atoms with Crippen molar-refractivity contribution in [1.82, 2.24) is 4.98 Å². The van der Waals surface area contributed by atoms with E-state index >= 15 is 0 Å². The number of benzene rings is 2. The van der Waals surface area contributed by atoms with Gasteiger partial charge in [0.25, 0.3) is 5.91 Å². The minimum atomic E-state index is -1.07. The number of carbonyl (C=O) groups excluding carboxylic acids is 1. The number of anilines is 2. The van der Waals surface area contributed by atoms with E-state index in [0.717, 1.165) is 29.9 Å². The number of halogens is 2. The lowest BCUT2D eigenvalue weighted by Crippen LogP contribution is -2.13. The van der Waals surface area contributed by atoms with Crippen LogP contribution in [-0.4, -0.2) is 24.5 Å². The molecule has 5 nitrogen and oxygen atoms in total. The standard InChI is InChI=1S/C21H19F2N3O2/c1-28-17-4-2-3-14(11-17)9-10-24-20-8-6-16(13-25-20)26-21(27)15-5-7-18(22)19(23)12-15/h2-8,11-13H,9-10H2,1H3,(H,24,25)(H,26,27). The molecule has 3 rings (SSSR count). The van der Waals surface area contributed by atoms with Crippen molar-refractivity contribution in [2.45, 2.75) is 6.42 Å². The van der Waals surface area contributed by atoms with Gasteiger partial charge in [-0.05, 0) is 54.4 Å². The molecule has 0 aliphatic carbocycles. The largest absolute Gasteiger partial charge is 0.497 e. The quantitative estimate of drug-likeness (QED) is 0.639. The third-order valence-corrected chi connectivity index (χ3v) is 4.06. The normalized spacial score (nSPS) is 10.4. The fourth-order valence-electron chi connectivity index (χ4n) is 2.58. The second-order valence-electron chi connectivity index (χ2n) is 6.04. The Kier molecular flexibility index (Phi) is 6.16. The summed E-state index contributed by atoms with van der Waals surface area (Å²) in [6, 6.07) is 14.2. The summed E-state index contributed by atoms with van der Waals surface area (Å²) in [6.45, 7) is 0.681. The summed E-state index contributed by atoms with van der Waals surface area (Å²) in [5.74, 6) is -1.13. The summed E-state index contributed by atoms with van der Waals surface area (Å²) in [7, 11) is 1.63. The van der Waals surface area contributed by atoms with Crippen LogP contribution in [0.5, 0.6) is 5.75 Å². The third kappa shape index (κ3) is 5.03. The number of amides is 1. The molecule has 2 N–H and O–H groups in total. The van der Waals surface area contributed by atoms with Crippen LogP contribution in [0.4, 0.5) is 20.3 Å². The Labute approximate surface area is 161 Å². The predicted octanol–water partition coefficient (Wildman–Crippen LogP) is 4.28. The number of hydrogen-bond donors (Lipinski definition) is 2. The molecule has 0 atom stereocenters. The first-order valence-electron chi connectivity index (χ1n) is 8.64. The first-order valence-corrected chi connectivity index (χ1v) is 8.64. The molecule has 0 radical (unpaired) electrons. The topological polar surface area (TPSA) is 63.2 Å². The molecule has 0 unspecified atom stereocenters. The van der Waals surface area contributed by atoms with E-state index in [4.69, 9.17) is 4.74 Å². The van der Waals surface area contributed by atoms with Gasteiger partial charge in [-0.2, -0.15) is 0 Å². The number of ether oxygens (including phenoxy) is 1. The lowest BCUT2D eigenvalue weighted by molar-refractivity contribution is 0.102. The number of pyridine rings is 1.